The Morgan fingerprint density at radius 2 is 2.12 bits per heavy atom. The van der Waals surface area contributed by atoms with Gasteiger partial charge in [-0.3, -0.25) is 0 Å². The lowest BCUT2D eigenvalue weighted by Crippen LogP contribution is -2.05. The fraction of sp³-hybridized carbons (Fsp3) is 0.800. The minimum atomic E-state index is -1.33. The second kappa shape index (κ2) is 3.57. The third-order valence-corrected chi connectivity index (χ3v) is 0.755. The molecule has 3 nitrogen and oxygen atoms in total. The first kappa shape index (κ1) is 7.59. The van der Waals surface area contributed by atoms with Gasteiger partial charge >= 0.3 is 0 Å². The highest BCUT2D eigenvalue weighted by atomic mass is 16.5. The number of Topliss-reactive ketones (excluding diaryl/α,β-unsaturated/α-hetero) is 1. The number of hydrogen-bond acceptors (Lipinski definition) is 3. The number of carbonyl (C=O) groups excluding carboxylic acids is 1. The van der Waals surface area contributed by atoms with Gasteiger partial charge in [0, 0.05) is 12.8 Å². The Hall–Kier alpha value is -0.410. The van der Waals surface area contributed by atoms with Crippen molar-refractivity contribution in [1.82, 2.24) is 0 Å². The highest BCUT2D eigenvalue weighted by molar-refractivity contribution is 5.75. The predicted molar refractivity (Wildman–Crippen MR) is 28.1 cm³/mol. The minimum absolute atomic E-state index is 0.0156. The van der Waals surface area contributed by atoms with Crippen LogP contribution in [0.2, 0.25) is 0 Å². The number of rotatable bonds is 3. The zero-order chi connectivity index (χ0) is 6.57. The van der Waals surface area contributed by atoms with E-state index in [0.29, 0.717) is 0 Å². The molecule has 0 unspecified atom stereocenters. The third kappa shape index (κ3) is 5.59. The van der Waals surface area contributed by atoms with Gasteiger partial charge in [-0.05, 0) is 6.92 Å². The quantitative estimate of drug-likeness (QED) is 0.499. The van der Waals surface area contributed by atoms with Crippen molar-refractivity contribution in [2.24, 2.45) is 0 Å². The lowest BCUT2D eigenvalue weighted by Gasteiger charge is -1.97. The molecule has 0 saturated heterocycles. The fourth-order valence-electron chi connectivity index (χ4n) is 0.332. The van der Waals surface area contributed by atoms with Gasteiger partial charge in [0.05, 0.1) is 0 Å². The van der Waals surface area contributed by atoms with Crippen molar-refractivity contribution < 1.29 is 15.0 Å². The first-order valence-electron chi connectivity index (χ1n) is 2.48. The fourth-order valence-corrected chi connectivity index (χ4v) is 0.332. The highest BCUT2D eigenvalue weighted by Crippen LogP contribution is 1.92. The van der Waals surface area contributed by atoms with E-state index >= 15 is 0 Å². The van der Waals surface area contributed by atoms with Crippen molar-refractivity contribution in [1.29, 1.82) is 0 Å². The van der Waals surface area contributed by atoms with Gasteiger partial charge in [-0.25, -0.2) is 0 Å². The molecule has 0 fully saturated rings. The molecule has 0 heterocycles. The number of ketones is 1. The van der Waals surface area contributed by atoms with Gasteiger partial charge in [0.2, 0.25) is 0 Å². The van der Waals surface area contributed by atoms with Crippen LogP contribution in [0.4, 0.5) is 0 Å². The molecule has 0 radical (unpaired) electrons. The van der Waals surface area contributed by atoms with Crippen LogP contribution in [0.25, 0.3) is 0 Å². The summed E-state index contributed by atoms with van der Waals surface area (Å²) in [4.78, 5) is 10.1. The first-order chi connectivity index (χ1) is 3.63. The smallest absolute Gasteiger partial charge is 0.151 e. The number of hydrogen-bond donors (Lipinski definition) is 2. The van der Waals surface area contributed by atoms with Crippen LogP contribution < -0.4 is 0 Å². The van der Waals surface area contributed by atoms with Gasteiger partial charge < -0.3 is 15.0 Å². The standard InChI is InChI=1S/C5H10O3/c1-4(6)2-3-5(7)8/h5,7-8H,2-3H2,1H3. The summed E-state index contributed by atoms with van der Waals surface area (Å²) in [7, 11) is 0. The summed E-state index contributed by atoms with van der Waals surface area (Å²) in [6.07, 6.45) is -0.939. The number of carbonyl (C=O) groups is 1. The van der Waals surface area contributed by atoms with Crippen molar-refractivity contribution in [2.75, 3.05) is 0 Å². The highest BCUT2D eigenvalue weighted by Gasteiger charge is 1.98. The van der Waals surface area contributed by atoms with E-state index in [4.69, 9.17) is 10.2 Å². The van der Waals surface area contributed by atoms with Crippen LogP contribution in [0.1, 0.15) is 19.8 Å². The minimum Gasteiger partial charge on any atom is -0.368 e. The van der Waals surface area contributed by atoms with Gasteiger partial charge in [-0.15, -0.1) is 0 Å². The molecule has 0 aliphatic rings. The SMILES string of the molecule is CC(=O)CCC(O)O. The number of aliphatic hydroxyl groups is 2. The van der Waals surface area contributed by atoms with E-state index in [1.165, 1.54) is 6.92 Å². The van der Waals surface area contributed by atoms with Gasteiger partial charge in [0.15, 0.2) is 6.29 Å². The zero-order valence-electron chi connectivity index (χ0n) is 4.79. The molecule has 0 amide bonds. The van der Waals surface area contributed by atoms with Crippen LogP contribution in [0, 0.1) is 0 Å². The van der Waals surface area contributed by atoms with Crippen LogP contribution in [0.5, 0.6) is 0 Å². The normalized spacial score (nSPS) is 10.0. The molecule has 0 bridgehead atoms. The van der Waals surface area contributed by atoms with Crippen LogP contribution in [-0.4, -0.2) is 22.3 Å². The lowest BCUT2D eigenvalue weighted by molar-refractivity contribution is -0.119. The molecule has 8 heavy (non-hydrogen) atoms. The summed E-state index contributed by atoms with van der Waals surface area (Å²) in [5, 5.41) is 16.4. The summed E-state index contributed by atoms with van der Waals surface area (Å²) in [6, 6.07) is 0. The summed E-state index contributed by atoms with van der Waals surface area (Å²) in [5.74, 6) is -0.0156. The Morgan fingerprint density at radius 3 is 2.25 bits per heavy atom. The average Bonchev–Trinajstić information content (AvgIpc) is 1.61. The van der Waals surface area contributed by atoms with Gasteiger partial charge in [0.1, 0.15) is 5.78 Å². The van der Waals surface area contributed by atoms with Crippen LogP contribution in [-0.2, 0) is 4.79 Å². The van der Waals surface area contributed by atoms with E-state index < -0.39 is 6.29 Å². The molecular formula is C5H10O3. The van der Waals surface area contributed by atoms with Gasteiger partial charge in [0.25, 0.3) is 0 Å². The Bertz CT molecular complexity index is 77.7. The predicted octanol–water partition coefficient (Wildman–Crippen LogP) is -0.334. The van der Waals surface area contributed by atoms with E-state index in [1.807, 2.05) is 0 Å². The van der Waals surface area contributed by atoms with Crippen LogP contribution in [0.3, 0.4) is 0 Å². The summed E-state index contributed by atoms with van der Waals surface area (Å²) >= 11 is 0. The maximum Gasteiger partial charge on any atom is 0.151 e. The summed E-state index contributed by atoms with van der Waals surface area (Å²) in [6.45, 7) is 1.42. The Morgan fingerprint density at radius 1 is 1.62 bits per heavy atom. The molecule has 0 aromatic heterocycles. The second-order valence-electron chi connectivity index (χ2n) is 1.72. The zero-order valence-corrected chi connectivity index (χ0v) is 4.79. The van der Waals surface area contributed by atoms with Crippen molar-refractivity contribution in [3.63, 3.8) is 0 Å². The molecule has 0 aliphatic carbocycles. The Kier molecular flexibility index (Phi) is 3.39. The molecule has 0 aliphatic heterocycles. The molecule has 3 heteroatoms. The maximum absolute atomic E-state index is 10.1. The molecule has 2 N–H and O–H groups in total. The van der Waals surface area contributed by atoms with E-state index in [0.717, 1.165) is 0 Å². The van der Waals surface area contributed by atoms with Gasteiger partial charge in [-0.1, -0.05) is 0 Å². The molecule has 0 atom stereocenters. The maximum atomic E-state index is 10.1. The van der Waals surface area contributed by atoms with Crippen LogP contribution in [0.15, 0.2) is 0 Å². The van der Waals surface area contributed by atoms with Crippen LogP contribution >= 0.6 is 0 Å². The van der Waals surface area contributed by atoms with Crippen molar-refractivity contribution in [3.8, 4) is 0 Å². The van der Waals surface area contributed by atoms with Crippen molar-refractivity contribution >= 4 is 5.78 Å². The molecule has 0 aromatic carbocycles. The largest absolute Gasteiger partial charge is 0.368 e. The monoisotopic (exact) mass is 118 g/mol. The molecule has 0 rings (SSSR count). The van der Waals surface area contributed by atoms with E-state index in [1.54, 1.807) is 0 Å². The molecule has 0 spiro atoms. The summed E-state index contributed by atoms with van der Waals surface area (Å²) in [5.41, 5.74) is 0. The van der Waals surface area contributed by atoms with Crippen molar-refractivity contribution in [3.05, 3.63) is 0 Å². The average molecular weight is 118 g/mol. The van der Waals surface area contributed by atoms with Gasteiger partial charge in [-0.2, -0.15) is 0 Å². The summed E-state index contributed by atoms with van der Waals surface area (Å²) < 4.78 is 0. The molecular weight excluding hydrogens is 108 g/mol. The Balaban J connectivity index is 3.05. The first-order valence-corrected chi connectivity index (χ1v) is 2.48. The third-order valence-electron chi connectivity index (χ3n) is 0.755. The van der Waals surface area contributed by atoms with Crippen molar-refractivity contribution in [2.45, 2.75) is 26.1 Å². The lowest BCUT2D eigenvalue weighted by atomic mass is 10.2. The molecule has 0 saturated carbocycles. The Labute approximate surface area is 47.9 Å². The topological polar surface area (TPSA) is 57.5 Å². The van der Waals surface area contributed by atoms with E-state index in [9.17, 15) is 4.79 Å². The van der Waals surface area contributed by atoms with E-state index in [2.05, 4.69) is 0 Å². The molecule has 0 aromatic rings. The molecule has 48 valence electrons. The van der Waals surface area contributed by atoms with E-state index in [-0.39, 0.29) is 18.6 Å². The second-order valence-corrected chi connectivity index (χ2v) is 1.72. The number of aliphatic hydroxyl groups excluding tert-OH is 1.